The Balaban J connectivity index is 1.64. The topological polar surface area (TPSA) is 54.5 Å². The monoisotopic (exact) mass is 357 g/mol. The van der Waals surface area contributed by atoms with E-state index < -0.39 is 24.0 Å². The number of hydrogen-bond acceptors (Lipinski definition) is 4. The zero-order valence-corrected chi connectivity index (χ0v) is 13.9. The lowest BCUT2D eigenvalue weighted by Gasteiger charge is -2.33. The van der Waals surface area contributed by atoms with E-state index >= 15 is 0 Å². The molecule has 1 saturated carbocycles. The fraction of sp³-hybridized carbons (Fsp3) is 0.647. The third-order valence-corrected chi connectivity index (χ3v) is 4.85. The molecule has 5 nitrogen and oxygen atoms in total. The molecule has 1 saturated heterocycles. The highest BCUT2D eigenvalue weighted by Gasteiger charge is 2.46. The summed E-state index contributed by atoms with van der Waals surface area (Å²) in [6, 6.07) is 2.47. The van der Waals surface area contributed by atoms with Crippen molar-refractivity contribution < 1.29 is 22.7 Å². The first-order chi connectivity index (χ1) is 11.9. The van der Waals surface area contributed by atoms with E-state index in [4.69, 9.17) is 4.74 Å². The lowest BCUT2D eigenvalue weighted by Crippen LogP contribution is -2.47. The van der Waals surface area contributed by atoms with E-state index in [0.29, 0.717) is 32.5 Å². The predicted octanol–water partition coefficient (Wildman–Crippen LogP) is 2.77. The number of morpholine rings is 1. The van der Waals surface area contributed by atoms with Crippen LogP contribution in [0.15, 0.2) is 18.3 Å². The highest BCUT2D eigenvalue weighted by molar-refractivity contribution is 5.94. The van der Waals surface area contributed by atoms with Gasteiger partial charge < -0.3 is 15.0 Å². The van der Waals surface area contributed by atoms with Gasteiger partial charge in [-0.05, 0) is 25.0 Å². The van der Waals surface area contributed by atoms with Gasteiger partial charge in [-0.15, -0.1) is 0 Å². The molecular formula is C17H22F3N3O2. The van der Waals surface area contributed by atoms with Gasteiger partial charge in [0.05, 0.1) is 24.7 Å². The summed E-state index contributed by atoms with van der Waals surface area (Å²) >= 11 is 0. The number of carbonyl (C=O) groups is 1. The molecule has 0 aromatic carbocycles. The zero-order valence-electron chi connectivity index (χ0n) is 13.9. The van der Waals surface area contributed by atoms with E-state index in [0.717, 1.165) is 18.9 Å². The van der Waals surface area contributed by atoms with Gasteiger partial charge in [0.1, 0.15) is 5.82 Å². The first-order valence-electron chi connectivity index (χ1n) is 8.61. The molecular weight excluding hydrogens is 335 g/mol. The second kappa shape index (κ2) is 7.59. The van der Waals surface area contributed by atoms with Gasteiger partial charge >= 0.3 is 6.18 Å². The summed E-state index contributed by atoms with van der Waals surface area (Å²) in [5.74, 6) is -1.22. The standard InChI is InChI=1S/C17H22F3N3O2/c18-17(19,20)13-3-1-2-4-14(13)22-16(24)12-5-6-15(21-11-12)23-7-9-25-10-8-23/h5-6,11,13-14H,1-4,7-10H2,(H,22,24)/t13-,14+/m1/s1. The lowest BCUT2D eigenvalue weighted by atomic mass is 9.84. The number of nitrogens with one attached hydrogen (secondary N) is 1. The molecule has 0 unspecified atom stereocenters. The maximum Gasteiger partial charge on any atom is 0.393 e. The number of hydrogen-bond donors (Lipinski definition) is 1. The Hall–Kier alpha value is -1.83. The molecule has 2 atom stereocenters. The number of nitrogens with zero attached hydrogens (tertiary/aromatic N) is 2. The van der Waals surface area contributed by atoms with Crippen molar-refractivity contribution in [3.8, 4) is 0 Å². The molecule has 138 valence electrons. The summed E-state index contributed by atoms with van der Waals surface area (Å²) in [6.45, 7) is 2.72. The minimum Gasteiger partial charge on any atom is -0.378 e. The van der Waals surface area contributed by atoms with Crippen LogP contribution in [0, 0.1) is 5.92 Å². The average Bonchev–Trinajstić information content (AvgIpc) is 2.62. The maximum absolute atomic E-state index is 13.1. The largest absolute Gasteiger partial charge is 0.393 e. The van der Waals surface area contributed by atoms with Crippen LogP contribution >= 0.6 is 0 Å². The van der Waals surface area contributed by atoms with Crippen molar-refractivity contribution in [2.24, 2.45) is 5.92 Å². The third kappa shape index (κ3) is 4.42. The molecule has 0 spiro atoms. The molecule has 0 bridgehead atoms. The number of ether oxygens (including phenoxy) is 1. The first-order valence-corrected chi connectivity index (χ1v) is 8.61. The molecule has 1 aliphatic heterocycles. The fourth-order valence-corrected chi connectivity index (χ4v) is 3.45. The van der Waals surface area contributed by atoms with Crippen LogP contribution in [0.4, 0.5) is 19.0 Å². The van der Waals surface area contributed by atoms with Crippen molar-refractivity contribution in [2.75, 3.05) is 31.2 Å². The van der Waals surface area contributed by atoms with Crippen LogP contribution in [0.3, 0.4) is 0 Å². The second-order valence-corrected chi connectivity index (χ2v) is 6.52. The Morgan fingerprint density at radius 2 is 1.92 bits per heavy atom. The molecule has 0 radical (unpaired) electrons. The van der Waals surface area contributed by atoms with Crippen molar-refractivity contribution in [2.45, 2.75) is 37.9 Å². The molecule has 1 aromatic heterocycles. The molecule has 8 heteroatoms. The molecule has 25 heavy (non-hydrogen) atoms. The smallest absolute Gasteiger partial charge is 0.378 e. The van der Waals surface area contributed by atoms with E-state index in [1.807, 2.05) is 4.90 Å². The van der Waals surface area contributed by atoms with Crippen LogP contribution in [0.2, 0.25) is 0 Å². The molecule has 1 amide bonds. The Kier molecular flexibility index (Phi) is 5.46. The van der Waals surface area contributed by atoms with Gasteiger partial charge in [0.2, 0.25) is 0 Å². The molecule has 1 aromatic rings. The number of alkyl halides is 3. The van der Waals surface area contributed by atoms with Gasteiger partial charge in [0, 0.05) is 25.3 Å². The fourth-order valence-electron chi connectivity index (χ4n) is 3.45. The van der Waals surface area contributed by atoms with Gasteiger partial charge in [0.15, 0.2) is 0 Å². The van der Waals surface area contributed by atoms with Crippen LogP contribution in [0.5, 0.6) is 0 Å². The number of pyridine rings is 1. The van der Waals surface area contributed by atoms with E-state index in [1.165, 1.54) is 6.20 Å². The number of aromatic nitrogens is 1. The minimum absolute atomic E-state index is 0.0721. The van der Waals surface area contributed by atoms with Crippen LogP contribution in [-0.4, -0.2) is 49.4 Å². The van der Waals surface area contributed by atoms with E-state index in [2.05, 4.69) is 10.3 Å². The molecule has 1 aliphatic carbocycles. The van der Waals surface area contributed by atoms with Crippen molar-refractivity contribution in [3.63, 3.8) is 0 Å². The van der Waals surface area contributed by atoms with Crippen LogP contribution in [0.1, 0.15) is 36.0 Å². The molecule has 3 rings (SSSR count). The summed E-state index contributed by atoms with van der Waals surface area (Å²) in [4.78, 5) is 18.6. The summed E-state index contributed by atoms with van der Waals surface area (Å²) in [5.41, 5.74) is 0.281. The summed E-state index contributed by atoms with van der Waals surface area (Å²) < 4.78 is 44.7. The predicted molar refractivity (Wildman–Crippen MR) is 86.5 cm³/mol. The maximum atomic E-state index is 13.1. The van der Waals surface area contributed by atoms with Gasteiger partial charge in [-0.25, -0.2) is 4.98 Å². The normalized spacial score (nSPS) is 24.8. The van der Waals surface area contributed by atoms with E-state index in [9.17, 15) is 18.0 Å². The average molecular weight is 357 g/mol. The highest BCUT2D eigenvalue weighted by atomic mass is 19.4. The highest BCUT2D eigenvalue weighted by Crippen LogP contribution is 2.37. The number of halogens is 3. The SMILES string of the molecule is O=C(N[C@H]1CCCC[C@H]1C(F)(F)F)c1ccc(N2CCOCC2)nc1. The molecule has 2 fully saturated rings. The van der Waals surface area contributed by atoms with Crippen LogP contribution < -0.4 is 10.2 Å². The second-order valence-electron chi connectivity index (χ2n) is 6.52. The Labute approximate surface area is 144 Å². The van der Waals surface area contributed by atoms with Crippen molar-refractivity contribution in [1.29, 1.82) is 0 Å². The first kappa shape index (κ1) is 18.0. The van der Waals surface area contributed by atoms with Gasteiger partial charge in [0.25, 0.3) is 5.91 Å². The van der Waals surface area contributed by atoms with Crippen molar-refractivity contribution in [3.05, 3.63) is 23.9 Å². The van der Waals surface area contributed by atoms with Gasteiger partial charge in [-0.1, -0.05) is 12.8 Å². The number of carbonyl (C=O) groups excluding carboxylic acids is 1. The van der Waals surface area contributed by atoms with E-state index in [-0.39, 0.29) is 12.0 Å². The van der Waals surface area contributed by atoms with Crippen molar-refractivity contribution in [1.82, 2.24) is 10.3 Å². The van der Waals surface area contributed by atoms with Crippen molar-refractivity contribution >= 4 is 11.7 Å². The Morgan fingerprint density at radius 1 is 1.20 bits per heavy atom. The van der Waals surface area contributed by atoms with E-state index in [1.54, 1.807) is 12.1 Å². The third-order valence-electron chi connectivity index (χ3n) is 4.85. The molecule has 1 N–H and O–H groups in total. The Bertz CT molecular complexity index is 586. The van der Waals surface area contributed by atoms with Gasteiger partial charge in [-0.2, -0.15) is 13.2 Å². The number of anilines is 1. The quantitative estimate of drug-likeness (QED) is 0.904. The molecule has 2 heterocycles. The minimum atomic E-state index is -4.28. The summed E-state index contributed by atoms with van der Waals surface area (Å²) in [5, 5.41) is 2.56. The number of rotatable bonds is 3. The zero-order chi connectivity index (χ0) is 17.9. The Morgan fingerprint density at radius 3 is 2.56 bits per heavy atom. The van der Waals surface area contributed by atoms with Gasteiger partial charge in [-0.3, -0.25) is 4.79 Å². The summed E-state index contributed by atoms with van der Waals surface area (Å²) in [7, 11) is 0. The van der Waals surface area contributed by atoms with Crippen LogP contribution in [-0.2, 0) is 4.74 Å². The number of amides is 1. The summed E-state index contributed by atoms with van der Waals surface area (Å²) in [6.07, 6.45) is -1.18. The lowest BCUT2D eigenvalue weighted by molar-refractivity contribution is -0.187. The van der Waals surface area contributed by atoms with Crippen LogP contribution in [0.25, 0.3) is 0 Å². The molecule has 2 aliphatic rings.